The molecule has 0 aliphatic carbocycles. The summed E-state index contributed by atoms with van der Waals surface area (Å²) in [5.74, 6) is -2.69. The van der Waals surface area contributed by atoms with Crippen LogP contribution in [0.5, 0.6) is 0 Å². The first-order valence-electron chi connectivity index (χ1n) is 6.29. The van der Waals surface area contributed by atoms with Crippen molar-refractivity contribution in [3.8, 4) is 0 Å². The molecular formula is C14H15NO5. The summed E-state index contributed by atoms with van der Waals surface area (Å²) < 4.78 is 5.11. The van der Waals surface area contributed by atoms with E-state index in [1.807, 2.05) is 30.3 Å². The Hall–Kier alpha value is -2.37. The zero-order valence-corrected chi connectivity index (χ0v) is 10.8. The molecule has 1 atom stereocenters. The van der Waals surface area contributed by atoms with Crippen LogP contribution in [0.25, 0.3) is 0 Å². The van der Waals surface area contributed by atoms with Crippen LogP contribution in [0, 0.1) is 5.92 Å². The molecule has 106 valence electrons. The number of carboxylic acids is 1. The van der Waals surface area contributed by atoms with Crippen LogP contribution < -0.4 is 0 Å². The van der Waals surface area contributed by atoms with E-state index >= 15 is 0 Å². The third kappa shape index (κ3) is 3.34. The van der Waals surface area contributed by atoms with Crippen LogP contribution in [0.15, 0.2) is 30.3 Å². The zero-order chi connectivity index (χ0) is 14.5. The molecule has 0 bridgehead atoms. The number of rotatable bonds is 3. The maximum atomic E-state index is 11.8. The van der Waals surface area contributed by atoms with Crippen molar-refractivity contribution in [2.45, 2.75) is 13.0 Å². The van der Waals surface area contributed by atoms with Crippen LogP contribution in [0.2, 0.25) is 0 Å². The molecule has 0 saturated carbocycles. The van der Waals surface area contributed by atoms with Gasteiger partial charge >= 0.3 is 12.1 Å². The normalized spacial score (nSPS) is 18.7. The molecule has 1 heterocycles. The van der Waals surface area contributed by atoms with Crippen molar-refractivity contribution in [3.05, 3.63) is 35.9 Å². The van der Waals surface area contributed by atoms with Gasteiger partial charge in [0.05, 0.1) is 0 Å². The lowest BCUT2D eigenvalue weighted by Crippen LogP contribution is -2.47. The van der Waals surface area contributed by atoms with Crippen LogP contribution in [-0.2, 0) is 20.9 Å². The fourth-order valence-corrected chi connectivity index (χ4v) is 2.03. The quantitative estimate of drug-likeness (QED) is 0.842. The summed E-state index contributed by atoms with van der Waals surface area (Å²) >= 11 is 0. The molecule has 1 N–H and O–H groups in total. The van der Waals surface area contributed by atoms with Gasteiger partial charge < -0.3 is 14.7 Å². The number of Topliss-reactive ketones (excluding diaryl/α,β-unsaturated/α-hetero) is 1. The minimum atomic E-state index is -1.20. The summed E-state index contributed by atoms with van der Waals surface area (Å²) in [7, 11) is 0. The third-order valence-corrected chi connectivity index (χ3v) is 3.18. The SMILES string of the molecule is O=C(O)[C@@H]1CN(C(=O)OCc2ccccc2)CCC1=O. The molecule has 0 unspecified atom stereocenters. The first-order valence-corrected chi connectivity index (χ1v) is 6.29. The van der Waals surface area contributed by atoms with E-state index in [4.69, 9.17) is 9.84 Å². The number of likely N-dealkylation sites (tertiary alicyclic amines) is 1. The summed E-state index contributed by atoms with van der Waals surface area (Å²) in [5.41, 5.74) is 0.851. The van der Waals surface area contributed by atoms with Gasteiger partial charge in [-0.15, -0.1) is 0 Å². The number of ether oxygens (including phenoxy) is 1. The Balaban J connectivity index is 1.89. The molecule has 20 heavy (non-hydrogen) atoms. The van der Waals surface area contributed by atoms with E-state index in [0.29, 0.717) is 0 Å². The number of carboxylic acid groups (broad SMARTS) is 1. The molecule has 1 aliphatic rings. The number of piperidine rings is 1. The van der Waals surface area contributed by atoms with E-state index in [-0.39, 0.29) is 31.9 Å². The highest BCUT2D eigenvalue weighted by atomic mass is 16.6. The molecule has 1 amide bonds. The standard InChI is InChI=1S/C14H15NO5/c16-12-6-7-15(8-11(12)13(17)18)14(19)20-9-10-4-2-1-3-5-10/h1-5,11H,6-9H2,(H,17,18)/t11-/m1/s1. The summed E-state index contributed by atoms with van der Waals surface area (Å²) in [6.07, 6.45) is -0.537. The highest BCUT2D eigenvalue weighted by Crippen LogP contribution is 2.15. The number of hydrogen-bond donors (Lipinski definition) is 1. The van der Waals surface area contributed by atoms with Gasteiger partial charge in [0.25, 0.3) is 0 Å². The number of nitrogens with zero attached hydrogens (tertiary/aromatic N) is 1. The Morgan fingerprint density at radius 1 is 1.30 bits per heavy atom. The van der Waals surface area contributed by atoms with Crippen LogP contribution in [0.3, 0.4) is 0 Å². The Morgan fingerprint density at radius 2 is 2.00 bits per heavy atom. The predicted octanol–water partition coefficient (Wildman–Crippen LogP) is 1.30. The molecule has 1 aromatic rings. The molecule has 0 aromatic heterocycles. The third-order valence-electron chi connectivity index (χ3n) is 3.18. The lowest BCUT2D eigenvalue weighted by molar-refractivity contribution is -0.148. The Morgan fingerprint density at radius 3 is 2.65 bits per heavy atom. The first kappa shape index (κ1) is 14.0. The van der Waals surface area contributed by atoms with Gasteiger partial charge in [-0.3, -0.25) is 9.59 Å². The molecule has 0 spiro atoms. The number of hydrogen-bond acceptors (Lipinski definition) is 4. The monoisotopic (exact) mass is 277 g/mol. The molecule has 6 heteroatoms. The minimum Gasteiger partial charge on any atom is -0.481 e. The van der Waals surface area contributed by atoms with Gasteiger partial charge in [0, 0.05) is 19.5 Å². The maximum Gasteiger partial charge on any atom is 0.410 e. The van der Waals surface area contributed by atoms with Gasteiger partial charge in [0.2, 0.25) is 0 Å². The first-order chi connectivity index (χ1) is 9.58. The van der Waals surface area contributed by atoms with E-state index in [1.165, 1.54) is 4.90 Å². The van der Waals surface area contributed by atoms with Gasteiger partial charge in [-0.25, -0.2) is 4.79 Å². The van der Waals surface area contributed by atoms with Crippen LogP contribution >= 0.6 is 0 Å². The van der Waals surface area contributed by atoms with Crippen molar-refractivity contribution in [2.75, 3.05) is 13.1 Å². The van der Waals surface area contributed by atoms with Crippen molar-refractivity contribution in [1.29, 1.82) is 0 Å². The minimum absolute atomic E-state index is 0.0530. The highest BCUT2D eigenvalue weighted by Gasteiger charge is 2.35. The lowest BCUT2D eigenvalue weighted by Gasteiger charge is -2.28. The molecule has 1 aliphatic heterocycles. The Bertz CT molecular complexity index is 514. The smallest absolute Gasteiger partial charge is 0.410 e. The number of carbonyl (C=O) groups excluding carboxylic acids is 2. The van der Waals surface area contributed by atoms with Crippen molar-refractivity contribution < 1.29 is 24.2 Å². The van der Waals surface area contributed by atoms with E-state index in [9.17, 15) is 14.4 Å². The van der Waals surface area contributed by atoms with E-state index < -0.39 is 18.0 Å². The van der Waals surface area contributed by atoms with Crippen molar-refractivity contribution in [3.63, 3.8) is 0 Å². The fraction of sp³-hybridized carbons (Fsp3) is 0.357. The van der Waals surface area contributed by atoms with E-state index in [1.54, 1.807) is 0 Å². The average Bonchev–Trinajstić information content (AvgIpc) is 2.46. The summed E-state index contributed by atoms with van der Waals surface area (Å²) in [5, 5.41) is 8.92. The Labute approximate surface area is 115 Å². The fourth-order valence-electron chi connectivity index (χ4n) is 2.03. The van der Waals surface area contributed by atoms with Crippen molar-refractivity contribution in [2.24, 2.45) is 5.92 Å². The predicted molar refractivity (Wildman–Crippen MR) is 68.9 cm³/mol. The molecule has 1 aromatic carbocycles. The summed E-state index contributed by atoms with van der Waals surface area (Å²) in [6.45, 7) is 0.208. The van der Waals surface area contributed by atoms with E-state index in [2.05, 4.69) is 0 Å². The average molecular weight is 277 g/mol. The van der Waals surface area contributed by atoms with Gasteiger partial charge in [-0.1, -0.05) is 30.3 Å². The number of aliphatic carboxylic acids is 1. The molecular weight excluding hydrogens is 262 g/mol. The molecule has 0 radical (unpaired) electrons. The topological polar surface area (TPSA) is 83.9 Å². The molecule has 6 nitrogen and oxygen atoms in total. The number of ketones is 1. The van der Waals surface area contributed by atoms with Gasteiger partial charge in [0.15, 0.2) is 5.78 Å². The second-order valence-corrected chi connectivity index (χ2v) is 4.59. The van der Waals surface area contributed by atoms with Crippen LogP contribution in [0.4, 0.5) is 4.79 Å². The van der Waals surface area contributed by atoms with Gasteiger partial charge in [-0.05, 0) is 5.56 Å². The number of amides is 1. The Kier molecular flexibility index (Phi) is 4.34. The lowest BCUT2D eigenvalue weighted by atomic mass is 9.97. The molecule has 2 rings (SSSR count). The van der Waals surface area contributed by atoms with Crippen LogP contribution in [0.1, 0.15) is 12.0 Å². The second kappa shape index (κ2) is 6.18. The van der Waals surface area contributed by atoms with E-state index in [0.717, 1.165) is 5.56 Å². The zero-order valence-electron chi connectivity index (χ0n) is 10.8. The van der Waals surface area contributed by atoms with Gasteiger partial charge in [0.1, 0.15) is 12.5 Å². The molecule has 1 fully saturated rings. The van der Waals surface area contributed by atoms with Gasteiger partial charge in [-0.2, -0.15) is 0 Å². The maximum absolute atomic E-state index is 11.8. The molecule has 1 saturated heterocycles. The summed E-state index contributed by atoms with van der Waals surface area (Å²) in [4.78, 5) is 35.4. The second-order valence-electron chi connectivity index (χ2n) is 4.59. The summed E-state index contributed by atoms with van der Waals surface area (Å²) in [6, 6.07) is 9.19. The number of carbonyl (C=O) groups is 3. The highest BCUT2D eigenvalue weighted by molar-refractivity contribution is 5.99. The number of benzene rings is 1. The largest absolute Gasteiger partial charge is 0.481 e. The van der Waals surface area contributed by atoms with Crippen LogP contribution in [-0.4, -0.2) is 40.9 Å². The van der Waals surface area contributed by atoms with Crippen molar-refractivity contribution in [1.82, 2.24) is 4.90 Å². The van der Waals surface area contributed by atoms with Crippen molar-refractivity contribution >= 4 is 17.8 Å².